The number of rotatable bonds is 5. The highest BCUT2D eigenvalue weighted by atomic mass is 32.2. The SMILES string of the molecule is COc1ccc(C(O)CSC2CCCCC2)cc1. The summed E-state index contributed by atoms with van der Waals surface area (Å²) >= 11 is 1.93. The number of ether oxygens (including phenoxy) is 1. The lowest BCUT2D eigenvalue weighted by molar-refractivity contribution is 0.203. The number of benzene rings is 1. The van der Waals surface area contributed by atoms with Gasteiger partial charge < -0.3 is 9.84 Å². The van der Waals surface area contributed by atoms with Crippen molar-refractivity contribution in [2.75, 3.05) is 12.9 Å². The van der Waals surface area contributed by atoms with Gasteiger partial charge in [0.2, 0.25) is 0 Å². The van der Waals surface area contributed by atoms with E-state index in [1.165, 1.54) is 32.1 Å². The molecule has 1 aliphatic rings. The molecule has 0 saturated heterocycles. The molecular weight excluding hydrogens is 244 g/mol. The van der Waals surface area contributed by atoms with Crippen molar-refractivity contribution < 1.29 is 9.84 Å². The minimum absolute atomic E-state index is 0.358. The van der Waals surface area contributed by atoms with E-state index in [1.807, 2.05) is 36.0 Å². The second-order valence-electron chi connectivity index (χ2n) is 4.88. The maximum Gasteiger partial charge on any atom is 0.118 e. The van der Waals surface area contributed by atoms with Crippen molar-refractivity contribution in [3.8, 4) is 5.75 Å². The molecular formula is C15H22O2S. The summed E-state index contributed by atoms with van der Waals surface area (Å²) in [6.45, 7) is 0. The van der Waals surface area contributed by atoms with Crippen molar-refractivity contribution >= 4 is 11.8 Å². The summed E-state index contributed by atoms with van der Waals surface area (Å²) in [5.74, 6) is 1.64. The molecule has 0 bridgehead atoms. The average Bonchev–Trinajstić information content (AvgIpc) is 2.46. The van der Waals surface area contributed by atoms with Gasteiger partial charge in [-0.05, 0) is 30.5 Å². The van der Waals surface area contributed by atoms with Crippen molar-refractivity contribution in [2.45, 2.75) is 43.5 Å². The van der Waals surface area contributed by atoms with E-state index in [0.29, 0.717) is 0 Å². The molecule has 1 aromatic carbocycles. The van der Waals surface area contributed by atoms with E-state index in [2.05, 4.69) is 0 Å². The number of methoxy groups -OCH3 is 1. The Morgan fingerprint density at radius 1 is 1.22 bits per heavy atom. The highest BCUT2D eigenvalue weighted by molar-refractivity contribution is 7.99. The highest BCUT2D eigenvalue weighted by Crippen LogP contribution is 2.31. The summed E-state index contributed by atoms with van der Waals surface area (Å²) in [5.41, 5.74) is 0.985. The van der Waals surface area contributed by atoms with Gasteiger partial charge in [0.05, 0.1) is 13.2 Å². The second kappa shape index (κ2) is 7.05. The van der Waals surface area contributed by atoms with Crippen LogP contribution in [0.15, 0.2) is 24.3 Å². The maximum atomic E-state index is 10.2. The second-order valence-corrected chi connectivity index (χ2v) is 6.22. The molecule has 100 valence electrons. The zero-order valence-electron chi connectivity index (χ0n) is 11.0. The molecule has 1 aliphatic carbocycles. The van der Waals surface area contributed by atoms with Crippen molar-refractivity contribution in [1.29, 1.82) is 0 Å². The molecule has 0 radical (unpaired) electrons. The van der Waals surface area contributed by atoms with Crippen LogP contribution in [-0.4, -0.2) is 23.2 Å². The maximum absolute atomic E-state index is 10.2. The highest BCUT2D eigenvalue weighted by Gasteiger charge is 2.16. The average molecular weight is 266 g/mol. The van der Waals surface area contributed by atoms with E-state index < -0.39 is 0 Å². The van der Waals surface area contributed by atoms with E-state index in [1.54, 1.807) is 7.11 Å². The van der Waals surface area contributed by atoms with Crippen LogP contribution in [0.25, 0.3) is 0 Å². The Morgan fingerprint density at radius 3 is 2.50 bits per heavy atom. The van der Waals surface area contributed by atoms with Gasteiger partial charge in [-0.15, -0.1) is 0 Å². The third-order valence-corrected chi connectivity index (χ3v) is 4.99. The fourth-order valence-corrected chi connectivity index (χ4v) is 3.69. The van der Waals surface area contributed by atoms with Crippen LogP contribution in [0.1, 0.15) is 43.8 Å². The largest absolute Gasteiger partial charge is 0.497 e. The first-order valence-corrected chi connectivity index (χ1v) is 7.78. The number of aliphatic hydroxyl groups excluding tert-OH is 1. The molecule has 0 aliphatic heterocycles. The van der Waals surface area contributed by atoms with Gasteiger partial charge in [-0.3, -0.25) is 0 Å². The lowest BCUT2D eigenvalue weighted by atomic mass is 10.0. The molecule has 2 nitrogen and oxygen atoms in total. The molecule has 1 aromatic rings. The molecule has 3 heteroatoms. The summed E-state index contributed by atoms with van der Waals surface area (Å²) in [7, 11) is 1.66. The van der Waals surface area contributed by atoms with Crippen LogP contribution in [0.3, 0.4) is 0 Å². The van der Waals surface area contributed by atoms with E-state index >= 15 is 0 Å². The fourth-order valence-electron chi connectivity index (χ4n) is 2.38. The Balaban J connectivity index is 1.80. The molecule has 1 fully saturated rings. The Labute approximate surface area is 114 Å². The van der Waals surface area contributed by atoms with Gasteiger partial charge in [-0.25, -0.2) is 0 Å². The number of hydrogen-bond acceptors (Lipinski definition) is 3. The zero-order valence-corrected chi connectivity index (χ0v) is 11.8. The Hall–Kier alpha value is -0.670. The minimum Gasteiger partial charge on any atom is -0.497 e. The van der Waals surface area contributed by atoms with Crippen LogP contribution in [0.2, 0.25) is 0 Å². The quantitative estimate of drug-likeness (QED) is 0.879. The van der Waals surface area contributed by atoms with Gasteiger partial charge in [-0.1, -0.05) is 31.4 Å². The van der Waals surface area contributed by atoms with Crippen LogP contribution >= 0.6 is 11.8 Å². The summed E-state index contributed by atoms with van der Waals surface area (Å²) in [4.78, 5) is 0. The molecule has 18 heavy (non-hydrogen) atoms. The van der Waals surface area contributed by atoms with Gasteiger partial charge in [0.15, 0.2) is 0 Å². The Kier molecular flexibility index (Phi) is 5.39. The molecule has 0 amide bonds. The van der Waals surface area contributed by atoms with E-state index in [4.69, 9.17) is 4.74 Å². The molecule has 1 saturated carbocycles. The summed E-state index contributed by atoms with van der Waals surface area (Å²) in [5, 5.41) is 10.9. The molecule has 1 atom stereocenters. The number of hydrogen-bond donors (Lipinski definition) is 1. The first-order valence-electron chi connectivity index (χ1n) is 6.73. The monoisotopic (exact) mass is 266 g/mol. The third kappa shape index (κ3) is 3.92. The smallest absolute Gasteiger partial charge is 0.118 e. The molecule has 1 N–H and O–H groups in total. The summed E-state index contributed by atoms with van der Waals surface area (Å²) in [6, 6.07) is 7.71. The molecule has 2 rings (SSSR count). The predicted molar refractivity (Wildman–Crippen MR) is 77.3 cm³/mol. The van der Waals surface area contributed by atoms with Gasteiger partial charge in [0, 0.05) is 11.0 Å². The van der Waals surface area contributed by atoms with Crippen molar-refractivity contribution in [3.05, 3.63) is 29.8 Å². The molecule has 1 unspecified atom stereocenters. The zero-order chi connectivity index (χ0) is 12.8. The first kappa shape index (κ1) is 13.8. The fraction of sp³-hybridized carbons (Fsp3) is 0.600. The van der Waals surface area contributed by atoms with Crippen molar-refractivity contribution in [3.63, 3.8) is 0 Å². The van der Waals surface area contributed by atoms with Crippen LogP contribution in [0, 0.1) is 0 Å². The predicted octanol–water partition coefficient (Wildman–Crippen LogP) is 3.79. The van der Waals surface area contributed by atoms with Crippen LogP contribution in [-0.2, 0) is 0 Å². The molecule has 0 heterocycles. The van der Waals surface area contributed by atoms with Crippen LogP contribution in [0.4, 0.5) is 0 Å². The van der Waals surface area contributed by atoms with Crippen molar-refractivity contribution in [2.24, 2.45) is 0 Å². The Bertz CT molecular complexity index is 344. The molecule has 0 aromatic heterocycles. The first-order chi connectivity index (χ1) is 8.79. The summed E-state index contributed by atoms with van der Waals surface area (Å²) in [6.07, 6.45) is 6.38. The Morgan fingerprint density at radius 2 is 1.89 bits per heavy atom. The van der Waals surface area contributed by atoms with Gasteiger partial charge in [0.1, 0.15) is 5.75 Å². The lowest BCUT2D eigenvalue weighted by Crippen LogP contribution is -2.11. The third-order valence-electron chi connectivity index (χ3n) is 3.54. The lowest BCUT2D eigenvalue weighted by Gasteiger charge is -2.22. The normalized spacial score (nSPS) is 18.6. The summed E-state index contributed by atoms with van der Waals surface area (Å²) < 4.78 is 5.12. The van der Waals surface area contributed by atoms with E-state index in [9.17, 15) is 5.11 Å². The standard InChI is InChI=1S/C15H22O2S/c1-17-13-9-7-12(8-10-13)15(16)11-18-14-5-3-2-4-6-14/h7-10,14-16H,2-6,11H2,1H3. The molecule has 0 spiro atoms. The van der Waals surface area contributed by atoms with E-state index in [-0.39, 0.29) is 6.10 Å². The van der Waals surface area contributed by atoms with Crippen LogP contribution in [0.5, 0.6) is 5.75 Å². The minimum atomic E-state index is -0.358. The topological polar surface area (TPSA) is 29.5 Å². The van der Waals surface area contributed by atoms with E-state index in [0.717, 1.165) is 22.3 Å². The van der Waals surface area contributed by atoms with Crippen molar-refractivity contribution in [1.82, 2.24) is 0 Å². The number of thioether (sulfide) groups is 1. The van der Waals surface area contributed by atoms with Gasteiger partial charge in [-0.2, -0.15) is 11.8 Å². The van der Waals surface area contributed by atoms with Gasteiger partial charge in [0.25, 0.3) is 0 Å². The van der Waals surface area contributed by atoms with Crippen LogP contribution < -0.4 is 4.74 Å². The van der Waals surface area contributed by atoms with Gasteiger partial charge >= 0.3 is 0 Å². The number of aliphatic hydroxyl groups is 1.